The second kappa shape index (κ2) is 4.53. The molecule has 90 valence electrons. The molecular formula is C12H17N5. The predicted molar refractivity (Wildman–Crippen MR) is 67.5 cm³/mol. The van der Waals surface area contributed by atoms with Crippen LogP contribution in [0.2, 0.25) is 0 Å². The number of imidazole rings is 1. The van der Waals surface area contributed by atoms with Gasteiger partial charge in [-0.2, -0.15) is 0 Å². The zero-order chi connectivity index (χ0) is 12.4. The van der Waals surface area contributed by atoms with Crippen molar-refractivity contribution in [3.8, 4) is 11.4 Å². The standard InChI is InChI=1S/C12H17N5/c1-4-10-15-11(8(3)12(13)16-10)9-6-17(5-2)7-14-9/h6-7H,4-5H2,1-3H3,(H2,13,15,16). The van der Waals surface area contributed by atoms with Crippen molar-refractivity contribution in [1.29, 1.82) is 0 Å². The van der Waals surface area contributed by atoms with Gasteiger partial charge in [-0.1, -0.05) is 6.92 Å². The minimum atomic E-state index is 0.540. The van der Waals surface area contributed by atoms with E-state index in [0.717, 1.165) is 35.7 Å². The Morgan fingerprint density at radius 2 is 2.06 bits per heavy atom. The number of nitrogens with zero attached hydrogens (tertiary/aromatic N) is 4. The normalized spacial score (nSPS) is 10.8. The maximum atomic E-state index is 5.89. The number of nitrogen functional groups attached to an aromatic ring is 1. The monoisotopic (exact) mass is 231 g/mol. The van der Waals surface area contributed by atoms with E-state index in [4.69, 9.17) is 5.73 Å². The van der Waals surface area contributed by atoms with E-state index in [2.05, 4.69) is 21.9 Å². The molecule has 0 atom stereocenters. The smallest absolute Gasteiger partial charge is 0.131 e. The summed E-state index contributed by atoms with van der Waals surface area (Å²) in [4.78, 5) is 13.1. The van der Waals surface area contributed by atoms with Crippen LogP contribution in [-0.4, -0.2) is 19.5 Å². The van der Waals surface area contributed by atoms with Crippen LogP contribution >= 0.6 is 0 Å². The van der Waals surface area contributed by atoms with E-state index < -0.39 is 0 Å². The molecule has 0 unspecified atom stereocenters. The molecule has 0 saturated heterocycles. The number of hydrogen-bond donors (Lipinski definition) is 1. The summed E-state index contributed by atoms with van der Waals surface area (Å²) < 4.78 is 2.01. The highest BCUT2D eigenvalue weighted by Gasteiger charge is 2.12. The molecule has 2 aromatic heterocycles. The van der Waals surface area contributed by atoms with Crippen LogP contribution in [0.15, 0.2) is 12.5 Å². The summed E-state index contributed by atoms with van der Waals surface area (Å²) >= 11 is 0. The van der Waals surface area contributed by atoms with Crippen LogP contribution in [-0.2, 0) is 13.0 Å². The molecule has 0 aromatic carbocycles. The Balaban J connectivity index is 2.53. The average Bonchev–Trinajstić information content (AvgIpc) is 2.81. The minimum Gasteiger partial charge on any atom is -0.383 e. The zero-order valence-electron chi connectivity index (χ0n) is 10.4. The number of hydrogen-bond acceptors (Lipinski definition) is 4. The Bertz CT molecular complexity index is 530. The van der Waals surface area contributed by atoms with Gasteiger partial charge >= 0.3 is 0 Å². The van der Waals surface area contributed by atoms with Gasteiger partial charge in [-0.15, -0.1) is 0 Å². The van der Waals surface area contributed by atoms with Crippen LogP contribution in [0, 0.1) is 6.92 Å². The lowest BCUT2D eigenvalue weighted by atomic mass is 10.2. The molecular weight excluding hydrogens is 214 g/mol. The summed E-state index contributed by atoms with van der Waals surface area (Å²) in [6, 6.07) is 0. The lowest BCUT2D eigenvalue weighted by Gasteiger charge is -2.07. The molecule has 17 heavy (non-hydrogen) atoms. The first-order valence-electron chi connectivity index (χ1n) is 5.80. The van der Waals surface area contributed by atoms with E-state index in [-0.39, 0.29) is 0 Å². The van der Waals surface area contributed by atoms with Gasteiger partial charge in [0.15, 0.2) is 0 Å². The summed E-state index contributed by atoms with van der Waals surface area (Å²) in [6.07, 6.45) is 4.55. The summed E-state index contributed by atoms with van der Waals surface area (Å²) in [7, 11) is 0. The summed E-state index contributed by atoms with van der Waals surface area (Å²) in [6.45, 7) is 6.91. The molecule has 5 nitrogen and oxygen atoms in total. The minimum absolute atomic E-state index is 0.540. The Morgan fingerprint density at radius 3 is 2.65 bits per heavy atom. The van der Waals surface area contributed by atoms with Gasteiger partial charge in [0.2, 0.25) is 0 Å². The maximum Gasteiger partial charge on any atom is 0.131 e. The van der Waals surface area contributed by atoms with E-state index in [1.807, 2.05) is 24.6 Å². The van der Waals surface area contributed by atoms with Crippen LogP contribution in [0.3, 0.4) is 0 Å². The van der Waals surface area contributed by atoms with Crippen molar-refractivity contribution in [2.45, 2.75) is 33.7 Å². The number of aryl methyl sites for hydroxylation is 2. The van der Waals surface area contributed by atoms with Crippen LogP contribution in [0.4, 0.5) is 5.82 Å². The molecule has 0 aliphatic heterocycles. The van der Waals surface area contributed by atoms with E-state index >= 15 is 0 Å². The highest BCUT2D eigenvalue weighted by Crippen LogP contribution is 2.22. The van der Waals surface area contributed by atoms with Gasteiger partial charge in [-0.25, -0.2) is 15.0 Å². The Morgan fingerprint density at radius 1 is 1.29 bits per heavy atom. The van der Waals surface area contributed by atoms with Crippen molar-refractivity contribution >= 4 is 5.82 Å². The Hall–Kier alpha value is -1.91. The third-order valence-electron chi connectivity index (χ3n) is 2.79. The van der Waals surface area contributed by atoms with Gasteiger partial charge < -0.3 is 10.3 Å². The first kappa shape index (κ1) is 11.6. The van der Waals surface area contributed by atoms with E-state index in [1.54, 1.807) is 6.33 Å². The van der Waals surface area contributed by atoms with Crippen molar-refractivity contribution in [3.63, 3.8) is 0 Å². The highest BCUT2D eigenvalue weighted by molar-refractivity contribution is 5.63. The molecule has 0 bridgehead atoms. The van der Waals surface area contributed by atoms with E-state index in [0.29, 0.717) is 5.82 Å². The zero-order valence-corrected chi connectivity index (χ0v) is 10.4. The molecule has 2 N–H and O–H groups in total. The fourth-order valence-corrected chi connectivity index (χ4v) is 1.64. The average molecular weight is 231 g/mol. The van der Waals surface area contributed by atoms with E-state index in [1.165, 1.54) is 0 Å². The largest absolute Gasteiger partial charge is 0.383 e. The number of rotatable bonds is 3. The molecule has 2 aromatic rings. The number of anilines is 1. The first-order chi connectivity index (χ1) is 8.15. The summed E-state index contributed by atoms with van der Waals surface area (Å²) in [5.41, 5.74) is 8.47. The molecule has 5 heteroatoms. The van der Waals surface area contributed by atoms with Crippen LogP contribution < -0.4 is 5.73 Å². The second-order valence-corrected chi connectivity index (χ2v) is 3.94. The predicted octanol–water partition coefficient (Wildman–Crippen LogP) is 1.81. The van der Waals surface area contributed by atoms with Crippen LogP contribution in [0.25, 0.3) is 11.4 Å². The topological polar surface area (TPSA) is 69.6 Å². The Kier molecular flexibility index (Phi) is 3.08. The summed E-state index contributed by atoms with van der Waals surface area (Å²) in [5.74, 6) is 1.30. The molecule has 0 fully saturated rings. The van der Waals surface area contributed by atoms with E-state index in [9.17, 15) is 0 Å². The van der Waals surface area contributed by atoms with Crippen molar-refractivity contribution in [3.05, 3.63) is 23.9 Å². The van der Waals surface area contributed by atoms with Gasteiger partial charge in [0.25, 0.3) is 0 Å². The third-order valence-corrected chi connectivity index (χ3v) is 2.79. The summed E-state index contributed by atoms with van der Waals surface area (Å²) in [5, 5.41) is 0. The van der Waals surface area contributed by atoms with Crippen molar-refractivity contribution in [2.24, 2.45) is 0 Å². The van der Waals surface area contributed by atoms with Crippen molar-refractivity contribution < 1.29 is 0 Å². The van der Waals surface area contributed by atoms with Gasteiger partial charge in [-0.3, -0.25) is 0 Å². The van der Waals surface area contributed by atoms with Crippen molar-refractivity contribution in [2.75, 3.05) is 5.73 Å². The maximum absolute atomic E-state index is 5.89. The molecule has 0 amide bonds. The van der Waals surface area contributed by atoms with Crippen molar-refractivity contribution in [1.82, 2.24) is 19.5 Å². The fraction of sp³-hybridized carbons (Fsp3) is 0.417. The number of aromatic nitrogens is 4. The molecule has 2 rings (SSSR count). The second-order valence-electron chi connectivity index (χ2n) is 3.94. The van der Waals surface area contributed by atoms with Gasteiger partial charge in [-0.05, 0) is 13.8 Å². The van der Waals surface area contributed by atoms with Gasteiger partial charge in [0.05, 0.1) is 12.0 Å². The fourth-order valence-electron chi connectivity index (χ4n) is 1.64. The molecule has 0 spiro atoms. The lowest BCUT2D eigenvalue weighted by Crippen LogP contribution is -2.04. The lowest BCUT2D eigenvalue weighted by molar-refractivity contribution is 0.761. The SMILES string of the molecule is CCc1nc(N)c(C)c(-c2cn(CC)cn2)n1. The van der Waals surface area contributed by atoms with Crippen LogP contribution in [0.5, 0.6) is 0 Å². The molecule has 0 radical (unpaired) electrons. The Labute approximate surface area is 101 Å². The van der Waals surface area contributed by atoms with Crippen LogP contribution in [0.1, 0.15) is 25.2 Å². The van der Waals surface area contributed by atoms with Gasteiger partial charge in [0, 0.05) is 24.7 Å². The van der Waals surface area contributed by atoms with Gasteiger partial charge in [0.1, 0.15) is 17.3 Å². The quantitative estimate of drug-likeness (QED) is 0.874. The first-order valence-corrected chi connectivity index (χ1v) is 5.80. The number of nitrogens with two attached hydrogens (primary N) is 1. The highest BCUT2D eigenvalue weighted by atomic mass is 15.0. The molecule has 0 aliphatic carbocycles. The molecule has 0 aliphatic rings. The third kappa shape index (κ3) is 2.13. The molecule has 0 saturated carbocycles. The molecule has 2 heterocycles.